The van der Waals surface area contributed by atoms with Gasteiger partial charge < -0.3 is 5.32 Å². The molecule has 0 saturated carbocycles. The van der Waals surface area contributed by atoms with Gasteiger partial charge in [0, 0.05) is 17.1 Å². The molecular formula is C24H25ClN2O3S. The molecule has 162 valence electrons. The third-order valence-electron chi connectivity index (χ3n) is 4.98. The van der Waals surface area contributed by atoms with E-state index in [9.17, 15) is 13.2 Å². The predicted octanol–water partition coefficient (Wildman–Crippen LogP) is 4.84. The van der Waals surface area contributed by atoms with E-state index in [1.165, 1.54) is 9.87 Å². The second kappa shape index (κ2) is 9.98. The third-order valence-corrected chi connectivity index (χ3v) is 6.35. The van der Waals surface area contributed by atoms with Gasteiger partial charge in [-0.25, -0.2) is 8.42 Å². The van der Waals surface area contributed by atoms with Crippen molar-refractivity contribution < 1.29 is 13.2 Å². The zero-order valence-electron chi connectivity index (χ0n) is 17.5. The normalized spacial score (nSPS) is 12.2. The van der Waals surface area contributed by atoms with Gasteiger partial charge in [0.15, 0.2) is 0 Å². The molecule has 0 aliphatic heterocycles. The van der Waals surface area contributed by atoms with Gasteiger partial charge in [-0.2, -0.15) is 0 Å². The van der Waals surface area contributed by atoms with Crippen LogP contribution in [0.25, 0.3) is 0 Å². The molecule has 0 heterocycles. The number of anilines is 1. The van der Waals surface area contributed by atoms with Crippen molar-refractivity contribution >= 4 is 33.2 Å². The molecular weight excluding hydrogens is 432 g/mol. The van der Waals surface area contributed by atoms with Crippen LogP contribution in [-0.2, 0) is 16.6 Å². The number of nitrogens with zero attached hydrogens (tertiary/aromatic N) is 1. The van der Waals surface area contributed by atoms with Gasteiger partial charge in [-0.1, -0.05) is 67.1 Å². The summed E-state index contributed by atoms with van der Waals surface area (Å²) >= 11 is 6.02. The van der Waals surface area contributed by atoms with E-state index in [-0.39, 0.29) is 18.4 Å². The van der Waals surface area contributed by atoms with E-state index in [4.69, 9.17) is 11.6 Å². The van der Waals surface area contributed by atoms with Crippen LogP contribution in [0.1, 0.15) is 34.3 Å². The number of hydrogen-bond acceptors (Lipinski definition) is 3. The van der Waals surface area contributed by atoms with Crippen molar-refractivity contribution in [2.75, 3.05) is 17.1 Å². The maximum Gasteiger partial charge on any atom is 0.251 e. The summed E-state index contributed by atoms with van der Waals surface area (Å²) in [5, 5.41) is 3.41. The van der Waals surface area contributed by atoms with Gasteiger partial charge in [0.25, 0.3) is 5.91 Å². The van der Waals surface area contributed by atoms with E-state index in [0.717, 1.165) is 11.8 Å². The molecule has 5 nitrogen and oxygen atoms in total. The molecule has 7 heteroatoms. The number of amides is 1. The fourth-order valence-electron chi connectivity index (χ4n) is 3.21. The zero-order chi connectivity index (χ0) is 22.4. The van der Waals surface area contributed by atoms with Crippen molar-refractivity contribution in [3.8, 4) is 0 Å². The van der Waals surface area contributed by atoms with Gasteiger partial charge in [-0.15, -0.1) is 0 Å². The zero-order valence-corrected chi connectivity index (χ0v) is 19.0. The second-order valence-electron chi connectivity index (χ2n) is 7.47. The standard InChI is InChI=1S/C24H25ClN2O3S/c1-18(20-7-4-3-5-8-20)16-26-24(28)21-13-11-19(12-14-21)17-27(31(2,29)30)23-10-6-9-22(25)15-23/h3-15,18H,16-17H2,1-2H3,(H,26,28)/t18-/m1/s1. The molecule has 0 unspecified atom stereocenters. The first-order chi connectivity index (χ1) is 14.7. The highest BCUT2D eigenvalue weighted by Gasteiger charge is 2.18. The summed E-state index contributed by atoms with van der Waals surface area (Å²) in [6, 6.07) is 23.7. The molecule has 31 heavy (non-hydrogen) atoms. The Morgan fingerprint density at radius 3 is 2.29 bits per heavy atom. The number of carbonyl (C=O) groups excluding carboxylic acids is 1. The van der Waals surface area contributed by atoms with Crippen molar-refractivity contribution in [3.63, 3.8) is 0 Å². The van der Waals surface area contributed by atoms with Gasteiger partial charge in [0.05, 0.1) is 18.5 Å². The molecule has 0 fully saturated rings. The SMILES string of the molecule is C[C@H](CNC(=O)c1ccc(CN(c2cccc(Cl)c2)S(C)(=O)=O)cc1)c1ccccc1. The maximum atomic E-state index is 12.5. The van der Waals surface area contributed by atoms with E-state index < -0.39 is 10.0 Å². The van der Waals surface area contributed by atoms with Crippen LogP contribution in [0.2, 0.25) is 5.02 Å². The minimum Gasteiger partial charge on any atom is -0.351 e. The molecule has 0 aliphatic rings. The van der Waals surface area contributed by atoms with E-state index >= 15 is 0 Å². The highest BCUT2D eigenvalue weighted by atomic mass is 35.5. The number of halogens is 1. The van der Waals surface area contributed by atoms with Crippen molar-refractivity contribution in [1.29, 1.82) is 0 Å². The third kappa shape index (κ3) is 6.32. The molecule has 0 aromatic heterocycles. The van der Waals surface area contributed by atoms with Crippen LogP contribution < -0.4 is 9.62 Å². The summed E-state index contributed by atoms with van der Waals surface area (Å²) in [5.41, 5.74) is 2.95. The van der Waals surface area contributed by atoms with E-state index in [0.29, 0.717) is 22.8 Å². The lowest BCUT2D eigenvalue weighted by Gasteiger charge is -2.23. The van der Waals surface area contributed by atoms with Gasteiger partial charge >= 0.3 is 0 Å². The Balaban J connectivity index is 1.66. The molecule has 1 amide bonds. The summed E-state index contributed by atoms with van der Waals surface area (Å²) in [5.74, 6) is 0.0366. The Kier molecular flexibility index (Phi) is 7.36. The number of hydrogen-bond donors (Lipinski definition) is 1. The largest absolute Gasteiger partial charge is 0.351 e. The number of nitrogens with one attached hydrogen (secondary N) is 1. The van der Waals surface area contributed by atoms with E-state index in [2.05, 4.69) is 12.2 Å². The highest BCUT2D eigenvalue weighted by molar-refractivity contribution is 7.92. The first-order valence-electron chi connectivity index (χ1n) is 9.89. The number of benzene rings is 3. The summed E-state index contributed by atoms with van der Waals surface area (Å²) in [4.78, 5) is 12.5. The summed E-state index contributed by atoms with van der Waals surface area (Å²) in [7, 11) is -3.51. The molecule has 1 atom stereocenters. The van der Waals surface area contributed by atoms with Crippen LogP contribution in [0.15, 0.2) is 78.9 Å². The Labute approximate surface area is 188 Å². The predicted molar refractivity (Wildman–Crippen MR) is 126 cm³/mol. The number of sulfonamides is 1. The topological polar surface area (TPSA) is 66.5 Å². The van der Waals surface area contributed by atoms with Crippen LogP contribution in [-0.4, -0.2) is 27.1 Å². The minimum atomic E-state index is -3.51. The monoisotopic (exact) mass is 456 g/mol. The quantitative estimate of drug-likeness (QED) is 0.527. The Morgan fingerprint density at radius 2 is 1.68 bits per heavy atom. The van der Waals surface area contributed by atoms with Crippen molar-refractivity contribution in [2.24, 2.45) is 0 Å². The average molecular weight is 457 g/mol. The highest BCUT2D eigenvalue weighted by Crippen LogP contribution is 2.24. The Bertz CT molecular complexity index is 1130. The van der Waals surface area contributed by atoms with Gasteiger partial charge in [0.2, 0.25) is 10.0 Å². The molecule has 0 saturated heterocycles. The lowest BCUT2D eigenvalue weighted by molar-refractivity contribution is 0.0951. The number of rotatable bonds is 8. The van der Waals surface area contributed by atoms with E-state index in [1.54, 1.807) is 48.5 Å². The Hall–Kier alpha value is -2.83. The van der Waals surface area contributed by atoms with Crippen LogP contribution >= 0.6 is 11.6 Å². The molecule has 0 spiro atoms. The molecule has 3 rings (SSSR count). The molecule has 3 aromatic rings. The molecule has 0 radical (unpaired) electrons. The lowest BCUT2D eigenvalue weighted by Crippen LogP contribution is -2.29. The molecule has 0 bridgehead atoms. The first kappa shape index (κ1) is 22.8. The lowest BCUT2D eigenvalue weighted by atomic mass is 10.0. The molecule has 1 N–H and O–H groups in total. The van der Waals surface area contributed by atoms with Crippen molar-refractivity contribution in [2.45, 2.75) is 19.4 Å². The van der Waals surface area contributed by atoms with Crippen LogP contribution in [0.4, 0.5) is 5.69 Å². The summed E-state index contributed by atoms with van der Waals surface area (Å²) in [6.45, 7) is 2.74. The summed E-state index contributed by atoms with van der Waals surface area (Å²) < 4.78 is 25.9. The second-order valence-corrected chi connectivity index (χ2v) is 9.81. The fourth-order valence-corrected chi connectivity index (χ4v) is 4.27. The smallest absolute Gasteiger partial charge is 0.251 e. The van der Waals surface area contributed by atoms with Crippen molar-refractivity contribution in [3.05, 3.63) is 101 Å². The van der Waals surface area contributed by atoms with Gasteiger partial charge in [-0.05, 0) is 47.4 Å². The minimum absolute atomic E-state index is 0.145. The number of carbonyl (C=O) groups is 1. The van der Waals surface area contributed by atoms with Gasteiger partial charge in [0.1, 0.15) is 0 Å². The summed E-state index contributed by atoms with van der Waals surface area (Å²) in [6.07, 6.45) is 1.16. The van der Waals surface area contributed by atoms with Crippen LogP contribution in [0.3, 0.4) is 0 Å². The molecule has 3 aromatic carbocycles. The fraction of sp³-hybridized carbons (Fsp3) is 0.208. The van der Waals surface area contributed by atoms with Gasteiger partial charge in [-0.3, -0.25) is 9.10 Å². The van der Waals surface area contributed by atoms with Crippen molar-refractivity contribution in [1.82, 2.24) is 5.32 Å². The van der Waals surface area contributed by atoms with E-state index in [1.807, 2.05) is 30.3 Å². The van der Waals surface area contributed by atoms with Crippen LogP contribution in [0, 0.1) is 0 Å². The first-order valence-corrected chi connectivity index (χ1v) is 12.1. The molecule has 0 aliphatic carbocycles. The average Bonchev–Trinajstić information content (AvgIpc) is 2.75. The Morgan fingerprint density at radius 1 is 1.00 bits per heavy atom. The van der Waals surface area contributed by atoms with Crippen LogP contribution in [0.5, 0.6) is 0 Å². The maximum absolute atomic E-state index is 12.5.